The van der Waals surface area contributed by atoms with Crippen molar-refractivity contribution < 1.29 is 19.0 Å². The van der Waals surface area contributed by atoms with E-state index in [9.17, 15) is 4.79 Å². The Kier molecular flexibility index (Phi) is 4.52. The van der Waals surface area contributed by atoms with Crippen molar-refractivity contribution in [3.63, 3.8) is 0 Å². The molecule has 1 saturated carbocycles. The van der Waals surface area contributed by atoms with Crippen molar-refractivity contribution in [3.8, 4) is 11.5 Å². The molecule has 3 aliphatic rings. The van der Waals surface area contributed by atoms with Crippen LogP contribution < -0.4 is 9.47 Å². The standard InChI is InChI=1S/C24H28O4S/c1-13-21-17(10-18-22(21)24(18,2)3)23(29-13)19(25)8-6-14-5-7-15(9-20(14)26-4)27-11-16-12-28-16/h5,7,9,16,18,22H,6,8,10-12H2,1-4H3/t16?,18-,22-/m1/s1. The van der Waals surface area contributed by atoms with Crippen LogP contribution in [0.1, 0.15) is 57.4 Å². The van der Waals surface area contributed by atoms with Crippen LogP contribution in [0.5, 0.6) is 11.5 Å². The normalized spacial score (nSPS) is 25.3. The number of carbonyl (C=O) groups excluding carboxylic acids is 1. The third kappa shape index (κ3) is 3.28. The van der Waals surface area contributed by atoms with Crippen LogP contribution in [0.4, 0.5) is 0 Å². The molecule has 4 nitrogen and oxygen atoms in total. The van der Waals surface area contributed by atoms with Crippen LogP contribution in [-0.2, 0) is 17.6 Å². The van der Waals surface area contributed by atoms with Crippen molar-refractivity contribution in [1.82, 2.24) is 0 Å². The smallest absolute Gasteiger partial charge is 0.173 e. The van der Waals surface area contributed by atoms with Gasteiger partial charge in [0.1, 0.15) is 24.2 Å². The van der Waals surface area contributed by atoms with Crippen molar-refractivity contribution in [1.29, 1.82) is 0 Å². The predicted octanol–water partition coefficient (Wildman–Crippen LogP) is 4.95. The first-order chi connectivity index (χ1) is 13.9. The molecule has 5 heteroatoms. The average molecular weight is 413 g/mol. The van der Waals surface area contributed by atoms with Crippen molar-refractivity contribution in [2.45, 2.75) is 52.1 Å². The number of ketones is 1. The first-order valence-electron chi connectivity index (χ1n) is 10.5. The maximum atomic E-state index is 13.1. The Morgan fingerprint density at radius 1 is 1.34 bits per heavy atom. The number of hydrogen-bond donors (Lipinski definition) is 0. The molecule has 0 amide bonds. The van der Waals surface area contributed by atoms with E-state index in [1.165, 1.54) is 16.0 Å². The van der Waals surface area contributed by atoms with Gasteiger partial charge >= 0.3 is 0 Å². The minimum Gasteiger partial charge on any atom is -0.496 e. The number of methoxy groups -OCH3 is 1. The zero-order chi connectivity index (χ0) is 20.3. The van der Waals surface area contributed by atoms with E-state index in [0.29, 0.717) is 30.8 Å². The molecule has 0 spiro atoms. The fourth-order valence-corrected chi connectivity index (χ4v) is 6.29. The van der Waals surface area contributed by atoms with Crippen LogP contribution in [0.15, 0.2) is 18.2 Å². The quantitative estimate of drug-likeness (QED) is 0.454. The summed E-state index contributed by atoms with van der Waals surface area (Å²) in [6, 6.07) is 5.87. The fraction of sp³-hybridized carbons (Fsp3) is 0.542. The Morgan fingerprint density at radius 2 is 2.14 bits per heavy atom. The summed E-state index contributed by atoms with van der Waals surface area (Å²) in [5.41, 5.74) is 4.31. The van der Waals surface area contributed by atoms with Crippen molar-refractivity contribution in [2.24, 2.45) is 11.3 Å². The molecule has 5 rings (SSSR count). The highest BCUT2D eigenvalue weighted by atomic mass is 32.1. The van der Waals surface area contributed by atoms with Crippen LogP contribution in [0.25, 0.3) is 0 Å². The molecule has 2 heterocycles. The second kappa shape index (κ2) is 6.85. The molecule has 1 aromatic heterocycles. The predicted molar refractivity (Wildman–Crippen MR) is 114 cm³/mol. The van der Waals surface area contributed by atoms with Crippen LogP contribution in [-0.4, -0.2) is 32.2 Å². The van der Waals surface area contributed by atoms with Crippen LogP contribution >= 0.6 is 11.3 Å². The summed E-state index contributed by atoms with van der Waals surface area (Å²) in [5, 5.41) is 0. The highest BCUT2D eigenvalue weighted by molar-refractivity contribution is 7.14. The third-order valence-electron chi connectivity index (χ3n) is 6.99. The highest BCUT2D eigenvalue weighted by Gasteiger charge is 2.63. The number of Topliss-reactive ketones (excluding diaryl/α,β-unsaturated/α-hetero) is 1. The van der Waals surface area contributed by atoms with Crippen LogP contribution in [0, 0.1) is 18.3 Å². The van der Waals surface area contributed by atoms with Gasteiger partial charge in [-0.25, -0.2) is 0 Å². The first-order valence-corrected chi connectivity index (χ1v) is 11.3. The fourth-order valence-electron chi connectivity index (χ4n) is 5.09. The molecule has 154 valence electrons. The number of fused-ring (bicyclic) bond motifs is 3. The summed E-state index contributed by atoms with van der Waals surface area (Å²) in [4.78, 5) is 15.4. The number of hydrogen-bond acceptors (Lipinski definition) is 5. The van der Waals surface area contributed by atoms with Gasteiger partial charge in [0, 0.05) is 17.4 Å². The first kappa shape index (κ1) is 19.1. The summed E-state index contributed by atoms with van der Waals surface area (Å²) in [7, 11) is 1.66. The minimum atomic E-state index is 0.228. The molecular weight excluding hydrogens is 384 g/mol. The number of thiophene rings is 1. The van der Waals surface area contributed by atoms with Gasteiger partial charge in [-0.15, -0.1) is 11.3 Å². The van der Waals surface area contributed by atoms with Gasteiger partial charge in [0.15, 0.2) is 5.78 Å². The summed E-state index contributed by atoms with van der Waals surface area (Å²) in [6.45, 7) is 8.26. The Bertz CT molecular complexity index is 970. The molecule has 0 N–H and O–H groups in total. The van der Waals surface area contributed by atoms with Gasteiger partial charge in [-0.2, -0.15) is 0 Å². The van der Waals surface area contributed by atoms with E-state index in [1.807, 2.05) is 18.2 Å². The lowest BCUT2D eigenvalue weighted by Gasteiger charge is -2.12. The molecule has 29 heavy (non-hydrogen) atoms. The lowest BCUT2D eigenvalue weighted by Crippen LogP contribution is -2.06. The number of ether oxygens (including phenoxy) is 3. The van der Waals surface area contributed by atoms with E-state index >= 15 is 0 Å². The summed E-state index contributed by atoms with van der Waals surface area (Å²) in [6.07, 6.45) is 2.50. The van der Waals surface area contributed by atoms with Gasteiger partial charge < -0.3 is 14.2 Å². The van der Waals surface area contributed by atoms with Gasteiger partial charge in [-0.3, -0.25) is 4.79 Å². The summed E-state index contributed by atoms with van der Waals surface area (Å²) in [5.74, 6) is 3.24. The average Bonchev–Trinajstić information content (AvgIpc) is 3.51. The Hall–Kier alpha value is -1.85. The number of carbonyl (C=O) groups is 1. The second-order valence-corrected chi connectivity index (χ2v) is 10.4. The molecule has 3 atom stereocenters. The number of aryl methyl sites for hydroxylation is 2. The van der Waals surface area contributed by atoms with Gasteiger partial charge in [0.2, 0.25) is 0 Å². The van der Waals surface area contributed by atoms with Gasteiger partial charge in [0.25, 0.3) is 0 Å². The Balaban J connectivity index is 1.27. The lowest BCUT2D eigenvalue weighted by atomic mass is 9.94. The number of benzene rings is 1. The van der Waals surface area contributed by atoms with Gasteiger partial charge in [0.05, 0.1) is 18.6 Å². The van der Waals surface area contributed by atoms with Gasteiger partial charge in [-0.05, 0) is 59.8 Å². The SMILES string of the molecule is COc1cc(OCC2CO2)ccc1CCC(=O)c1sc(C)c2c1C[C@@H]1[C@H]2C1(C)C. The zero-order valence-electron chi connectivity index (χ0n) is 17.5. The molecule has 0 bridgehead atoms. The van der Waals surface area contributed by atoms with E-state index in [4.69, 9.17) is 14.2 Å². The van der Waals surface area contributed by atoms with Crippen LogP contribution in [0.3, 0.4) is 0 Å². The van der Waals surface area contributed by atoms with Crippen molar-refractivity contribution in [2.75, 3.05) is 20.3 Å². The molecule has 2 fully saturated rings. The molecular formula is C24H28O4S. The second-order valence-electron chi connectivity index (χ2n) is 9.15. The van der Waals surface area contributed by atoms with E-state index in [2.05, 4.69) is 20.8 Å². The Morgan fingerprint density at radius 3 is 2.86 bits per heavy atom. The Labute approximate surface area is 176 Å². The zero-order valence-corrected chi connectivity index (χ0v) is 18.4. The molecule has 1 aromatic carbocycles. The maximum absolute atomic E-state index is 13.1. The van der Waals surface area contributed by atoms with E-state index in [1.54, 1.807) is 18.4 Å². The summed E-state index contributed by atoms with van der Waals surface area (Å²) >= 11 is 1.71. The molecule has 2 aliphatic carbocycles. The van der Waals surface area contributed by atoms with E-state index in [0.717, 1.165) is 40.9 Å². The molecule has 2 aromatic rings. The molecule has 0 radical (unpaired) electrons. The highest BCUT2D eigenvalue weighted by Crippen LogP contribution is 2.71. The van der Waals surface area contributed by atoms with Crippen molar-refractivity contribution >= 4 is 17.1 Å². The topological polar surface area (TPSA) is 48.1 Å². The molecule has 1 aliphatic heterocycles. The number of epoxide rings is 1. The van der Waals surface area contributed by atoms with E-state index in [-0.39, 0.29) is 11.9 Å². The minimum absolute atomic E-state index is 0.228. The largest absolute Gasteiger partial charge is 0.496 e. The van der Waals surface area contributed by atoms with Crippen molar-refractivity contribution in [3.05, 3.63) is 44.6 Å². The van der Waals surface area contributed by atoms with Gasteiger partial charge in [-0.1, -0.05) is 19.9 Å². The molecule has 1 saturated heterocycles. The van der Waals surface area contributed by atoms with Crippen LogP contribution in [0.2, 0.25) is 0 Å². The molecule has 1 unspecified atom stereocenters. The van der Waals surface area contributed by atoms with E-state index < -0.39 is 0 Å². The summed E-state index contributed by atoms with van der Waals surface area (Å²) < 4.78 is 16.5. The number of rotatable bonds is 8. The third-order valence-corrected chi connectivity index (χ3v) is 8.19. The lowest BCUT2D eigenvalue weighted by molar-refractivity contribution is 0.0985. The monoisotopic (exact) mass is 412 g/mol. The maximum Gasteiger partial charge on any atom is 0.173 e.